The van der Waals surface area contributed by atoms with Crippen LogP contribution in [0.4, 0.5) is 24.5 Å². The predicted octanol–water partition coefficient (Wildman–Crippen LogP) is 5.47. The van der Waals surface area contributed by atoms with Crippen molar-refractivity contribution in [2.75, 3.05) is 11.1 Å². The molecule has 1 heterocycles. The van der Waals surface area contributed by atoms with Crippen LogP contribution in [0, 0.1) is 24.0 Å². The topological polar surface area (TPSA) is 132 Å². The molecule has 1 aromatic heterocycles. The molecule has 2 amide bonds. The van der Waals surface area contributed by atoms with E-state index in [0.717, 1.165) is 35.0 Å². The minimum Gasteiger partial charge on any atom is -0.345 e. The number of amides is 2. The van der Waals surface area contributed by atoms with Crippen molar-refractivity contribution in [1.29, 1.82) is 0 Å². The summed E-state index contributed by atoms with van der Waals surface area (Å²) < 4.78 is 41.7. The summed E-state index contributed by atoms with van der Waals surface area (Å²) in [5.74, 6) is -0.937. The van der Waals surface area contributed by atoms with Crippen molar-refractivity contribution < 1.29 is 27.7 Å². The summed E-state index contributed by atoms with van der Waals surface area (Å²) in [5, 5.41) is 24.5. The summed E-state index contributed by atoms with van der Waals surface area (Å²) in [6.07, 6.45) is -4.60. The van der Waals surface area contributed by atoms with E-state index in [-0.39, 0.29) is 46.1 Å². The maximum absolute atomic E-state index is 13.5. The van der Waals surface area contributed by atoms with Gasteiger partial charge in [0.05, 0.1) is 28.5 Å². The van der Waals surface area contributed by atoms with E-state index < -0.39 is 22.6 Å². The summed E-state index contributed by atoms with van der Waals surface area (Å²) in [6.45, 7) is 3.52. The van der Waals surface area contributed by atoms with E-state index in [9.17, 15) is 32.9 Å². The van der Waals surface area contributed by atoms with Gasteiger partial charge in [0.15, 0.2) is 11.0 Å². The van der Waals surface area contributed by atoms with Crippen LogP contribution in [0.5, 0.6) is 0 Å². The fourth-order valence-corrected chi connectivity index (χ4v) is 4.54. The van der Waals surface area contributed by atoms with E-state index in [2.05, 4.69) is 20.8 Å². The summed E-state index contributed by atoms with van der Waals surface area (Å²) in [7, 11) is 0. The predicted molar refractivity (Wildman–Crippen MR) is 146 cm³/mol. The maximum Gasteiger partial charge on any atom is 0.416 e. The molecule has 0 aliphatic rings. The number of anilines is 1. The second kappa shape index (κ2) is 12.2. The molecule has 0 atom stereocenters. The summed E-state index contributed by atoms with van der Waals surface area (Å²) in [6, 6.07) is 15.0. The minimum absolute atomic E-state index is 0.0850. The number of benzene rings is 3. The smallest absolute Gasteiger partial charge is 0.345 e. The van der Waals surface area contributed by atoms with Gasteiger partial charge in [-0.15, -0.1) is 10.2 Å². The molecule has 0 saturated carbocycles. The third-order valence-corrected chi connectivity index (χ3v) is 6.81. The number of nitro benzene ring substituents is 1. The Balaban J connectivity index is 1.57. The molecule has 0 aliphatic heterocycles. The second-order valence-corrected chi connectivity index (χ2v) is 9.87. The van der Waals surface area contributed by atoms with Gasteiger partial charge in [0.25, 0.3) is 11.6 Å². The van der Waals surface area contributed by atoms with Gasteiger partial charge in [-0.25, -0.2) is 0 Å². The van der Waals surface area contributed by atoms with E-state index >= 15 is 0 Å². The third kappa shape index (κ3) is 7.28. The van der Waals surface area contributed by atoms with E-state index in [4.69, 9.17) is 0 Å². The number of nitro groups is 1. The number of carbonyl (C=O) groups excluding carboxylic acids is 2. The number of thioether (sulfide) groups is 1. The zero-order valence-electron chi connectivity index (χ0n) is 21.7. The Kier molecular flexibility index (Phi) is 8.71. The first kappa shape index (κ1) is 29.3. The lowest BCUT2D eigenvalue weighted by Gasteiger charge is -2.14. The molecule has 10 nitrogen and oxygen atoms in total. The highest BCUT2D eigenvalue weighted by Crippen LogP contribution is 2.32. The van der Waals surface area contributed by atoms with Crippen molar-refractivity contribution in [3.8, 4) is 5.69 Å². The molecule has 0 bridgehead atoms. The van der Waals surface area contributed by atoms with Crippen LogP contribution in [0.25, 0.3) is 5.69 Å². The lowest BCUT2D eigenvalue weighted by Crippen LogP contribution is -2.24. The molecule has 2 N–H and O–H groups in total. The number of nitrogens with zero attached hydrogens (tertiary/aromatic N) is 4. The summed E-state index contributed by atoms with van der Waals surface area (Å²) in [4.78, 5) is 35.6. The fraction of sp³-hybridized carbons (Fsp3) is 0.185. The number of non-ortho nitro benzene ring substituents is 1. The number of aromatic nitrogens is 3. The van der Waals surface area contributed by atoms with Gasteiger partial charge < -0.3 is 10.6 Å². The number of hydrogen-bond donors (Lipinski definition) is 2. The molecule has 212 valence electrons. The molecular formula is C27H23F3N6O4S. The molecule has 0 unspecified atom stereocenters. The van der Waals surface area contributed by atoms with Crippen LogP contribution in [-0.4, -0.2) is 37.3 Å². The molecule has 0 aliphatic carbocycles. The standard InChI is InChI=1S/C27H23F3N6O4S/c1-16-6-7-17(2)22(12-16)32-24(37)15-41-26-34-33-23(35(26)21-5-3-4-19(13-21)27(28,29)30)14-31-25(38)18-8-10-20(11-9-18)36(39)40/h3-13H,14-15H2,1-2H3,(H,31,38)(H,32,37). The van der Waals surface area contributed by atoms with E-state index in [1.165, 1.54) is 41.0 Å². The van der Waals surface area contributed by atoms with E-state index in [1.54, 1.807) is 0 Å². The minimum atomic E-state index is -4.60. The van der Waals surface area contributed by atoms with Gasteiger partial charge in [-0.3, -0.25) is 24.3 Å². The molecule has 14 heteroatoms. The molecule has 41 heavy (non-hydrogen) atoms. The van der Waals surface area contributed by atoms with Gasteiger partial charge in [0.2, 0.25) is 5.91 Å². The van der Waals surface area contributed by atoms with Gasteiger partial charge in [0, 0.05) is 23.4 Å². The monoisotopic (exact) mass is 584 g/mol. The van der Waals surface area contributed by atoms with Crippen LogP contribution in [0.3, 0.4) is 0 Å². The molecule has 0 fully saturated rings. The molecular weight excluding hydrogens is 561 g/mol. The lowest BCUT2D eigenvalue weighted by atomic mass is 10.1. The van der Waals surface area contributed by atoms with Crippen LogP contribution in [0.1, 0.15) is 32.9 Å². The number of nitrogens with one attached hydrogen (secondary N) is 2. The zero-order valence-corrected chi connectivity index (χ0v) is 22.5. The fourth-order valence-electron chi connectivity index (χ4n) is 3.77. The summed E-state index contributed by atoms with van der Waals surface area (Å²) >= 11 is 0.968. The van der Waals surface area contributed by atoms with Gasteiger partial charge >= 0.3 is 6.18 Å². The number of rotatable bonds is 9. The van der Waals surface area contributed by atoms with E-state index in [1.807, 2.05) is 32.0 Å². The highest BCUT2D eigenvalue weighted by atomic mass is 32.2. The van der Waals surface area contributed by atoms with Gasteiger partial charge in [-0.2, -0.15) is 13.2 Å². The molecule has 0 radical (unpaired) electrons. The molecule has 3 aromatic carbocycles. The Morgan fingerprint density at radius 2 is 1.76 bits per heavy atom. The number of aryl methyl sites for hydroxylation is 2. The zero-order chi connectivity index (χ0) is 29.7. The second-order valence-electron chi connectivity index (χ2n) is 8.92. The number of alkyl halides is 3. The Bertz CT molecular complexity index is 1610. The van der Waals surface area contributed by atoms with Crippen molar-refractivity contribution in [2.24, 2.45) is 0 Å². The van der Waals surface area contributed by atoms with Crippen LogP contribution in [0.2, 0.25) is 0 Å². The highest BCUT2D eigenvalue weighted by molar-refractivity contribution is 7.99. The highest BCUT2D eigenvalue weighted by Gasteiger charge is 2.31. The number of halogens is 3. The number of carbonyl (C=O) groups is 2. The lowest BCUT2D eigenvalue weighted by molar-refractivity contribution is -0.384. The Hall–Kier alpha value is -4.72. The largest absolute Gasteiger partial charge is 0.416 e. The van der Waals surface area contributed by atoms with Crippen LogP contribution < -0.4 is 10.6 Å². The number of hydrogen-bond acceptors (Lipinski definition) is 7. The summed E-state index contributed by atoms with van der Waals surface area (Å²) in [5.41, 5.74) is 1.61. The van der Waals surface area contributed by atoms with Crippen molar-refractivity contribution in [1.82, 2.24) is 20.1 Å². The van der Waals surface area contributed by atoms with Crippen molar-refractivity contribution in [2.45, 2.75) is 31.7 Å². The molecule has 4 aromatic rings. The average molecular weight is 585 g/mol. The Morgan fingerprint density at radius 1 is 1.02 bits per heavy atom. The first-order chi connectivity index (χ1) is 19.4. The molecule has 0 saturated heterocycles. The average Bonchev–Trinajstić information content (AvgIpc) is 3.35. The molecule has 4 rings (SSSR count). The molecule has 0 spiro atoms. The first-order valence-corrected chi connectivity index (χ1v) is 13.1. The van der Waals surface area contributed by atoms with Crippen molar-refractivity contribution in [3.05, 3.63) is 105 Å². The quantitative estimate of drug-likeness (QED) is 0.151. The normalized spacial score (nSPS) is 11.2. The van der Waals surface area contributed by atoms with Crippen molar-refractivity contribution in [3.63, 3.8) is 0 Å². The van der Waals surface area contributed by atoms with Crippen molar-refractivity contribution >= 4 is 35.0 Å². The first-order valence-electron chi connectivity index (χ1n) is 12.1. The third-order valence-electron chi connectivity index (χ3n) is 5.88. The SMILES string of the molecule is Cc1ccc(C)c(NC(=O)CSc2nnc(CNC(=O)c3ccc([N+](=O)[O-])cc3)n2-c2cccc(C(F)(F)F)c2)c1. The Morgan fingerprint density at radius 3 is 2.44 bits per heavy atom. The van der Waals surface area contributed by atoms with Gasteiger partial charge in [-0.05, 0) is 61.4 Å². The van der Waals surface area contributed by atoms with Gasteiger partial charge in [-0.1, -0.05) is 30.0 Å². The Labute approximate surface area is 236 Å². The van der Waals surface area contributed by atoms with Gasteiger partial charge in [0.1, 0.15) is 0 Å². The van der Waals surface area contributed by atoms with E-state index in [0.29, 0.717) is 5.69 Å². The van der Waals surface area contributed by atoms with Crippen LogP contribution in [0.15, 0.2) is 71.9 Å². The van der Waals surface area contributed by atoms with Crippen LogP contribution >= 0.6 is 11.8 Å². The van der Waals surface area contributed by atoms with Crippen LogP contribution in [-0.2, 0) is 17.5 Å². The maximum atomic E-state index is 13.5.